The first-order chi connectivity index (χ1) is 16.7. The van der Waals surface area contributed by atoms with Gasteiger partial charge in [-0.3, -0.25) is 19.3 Å². The smallest absolute Gasteiger partial charge is 0.317 e. The number of nitrogens with one attached hydrogen (secondary N) is 1. The Morgan fingerprint density at radius 2 is 1.82 bits per heavy atom. The zero-order valence-corrected chi connectivity index (χ0v) is 20.3. The van der Waals surface area contributed by atoms with Crippen molar-refractivity contribution in [3.8, 4) is 0 Å². The van der Waals surface area contributed by atoms with E-state index in [4.69, 9.17) is 14.9 Å². The summed E-state index contributed by atoms with van der Waals surface area (Å²) in [6, 6.07) is 7.31. The van der Waals surface area contributed by atoms with Gasteiger partial charge in [0.25, 0.3) is 0 Å². The molecule has 3 aliphatic rings. The van der Waals surface area contributed by atoms with Crippen LogP contribution in [0.5, 0.6) is 0 Å². The molecule has 0 aliphatic carbocycles. The average molecular weight is 470 g/mol. The maximum Gasteiger partial charge on any atom is 0.317 e. The molecule has 2 aromatic rings. The average Bonchev–Trinajstić information content (AvgIpc) is 3.22. The molecule has 0 unspecified atom stereocenters. The van der Waals surface area contributed by atoms with Crippen LogP contribution in [0.15, 0.2) is 18.2 Å². The molecule has 8 nitrogen and oxygen atoms in total. The molecule has 8 heteroatoms. The van der Waals surface area contributed by atoms with Crippen LogP contribution >= 0.6 is 0 Å². The van der Waals surface area contributed by atoms with E-state index in [0.29, 0.717) is 6.04 Å². The molecule has 186 valence electrons. The van der Waals surface area contributed by atoms with Crippen molar-refractivity contribution in [1.82, 2.24) is 24.9 Å². The summed E-state index contributed by atoms with van der Waals surface area (Å²) in [5.74, 6) is 0.0938. The summed E-state index contributed by atoms with van der Waals surface area (Å²) >= 11 is 0. The molecular weight excluding hydrogens is 430 g/mol. The van der Waals surface area contributed by atoms with Gasteiger partial charge in [0.05, 0.1) is 37.0 Å². The molecule has 0 atom stereocenters. The molecule has 0 amide bonds. The van der Waals surface area contributed by atoms with E-state index >= 15 is 0 Å². The quantitative estimate of drug-likeness (QED) is 0.615. The van der Waals surface area contributed by atoms with E-state index in [-0.39, 0.29) is 6.54 Å². The van der Waals surface area contributed by atoms with E-state index in [0.717, 1.165) is 84.2 Å². The fourth-order valence-electron chi connectivity index (χ4n) is 5.83. The number of morpholine rings is 1. The molecule has 0 radical (unpaired) electrons. The molecule has 3 aliphatic heterocycles. The summed E-state index contributed by atoms with van der Waals surface area (Å²) in [5, 5.41) is 19.1. The third kappa shape index (κ3) is 5.79. The number of piperidine rings is 2. The molecule has 4 heterocycles. The third-order valence-corrected chi connectivity index (χ3v) is 7.89. The van der Waals surface area contributed by atoms with E-state index < -0.39 is 5.97 Å². The van der Waals surface area contributed by atoms with Crippen molar-refractivity contribution in [2.75, 3.05) is 59.0 Å². The maximum absolute atomic E-state index is 11.1. The number of carboxylic acids is 1. The van der Waals surface area contributed by atoms with Crippen LogP contribution in [0, 0.1) is 5.92 Å². The van der Waals surface area contributed by atoms with Crippen molar-refractivity contribution < 1.29 is 14.6 Å². The molecule has 0 saturated carbocycles. The van der Waals surface area contributed by atoms with Crippen molar-refractivity contribution in [3.63, 3.8) is 0 Å². The van der Waals surface area contributed by atoms with Gasteiger partial charge in [0, 0.05) is 38.1 Å². The molecule has 3 fully saturated rings. The second kappa shape index (κ2) is 11.2. The van der Waals surface area contributed by atoms with Crippen molar-refractivity contribution in [3.05, 3.63) is 29.5 Å². The first-order valence-corrected chi connectivity index (χ1v) is 13.1. The summed E-state index contributed by atoms with van der Waals surface area (Å²) in [4.78, 5) is 15.6. The lowest BCUT2D eigenvalue weighted by Gasteiger charge is -2.31. The lowest BCUT2D eigenvalue weighted by atomic mass is 9.91. The van der Waals surface area contributed by atoms with E-state index in [2.05, 4.69) is 33.1 Å². The van der Waals surface area contributed by atoms with E-state index in [1.165, 1.54) is 41.4 Å². The monoisotopic (exact) mass is 469 g/mol. The number of fused-ring (bicyclic) bond motifs is 1. The Bertz CT molecular complexity index is 957. The summed E-state index contributed by atoms with van der Waals surface area (Å²) in [5.41, 5.74) is 3.82. The SMILES string of the molecule is O=C(O)CN1CCC(n2nc(CN3CCOCC3)c3cc(CCC4CCNCC4)ccc32)CC1. The van der Waals surface area contributed by atoms with Gasteiger partial charge in [0.2, 0.25) is 0 Å². The third-order valence-electron chi connectivity index (χ3n) is 7.89. The number of aryl methyl sites for hydroxylation is 1. The Kier molecular flexibility index (Phi) is 7.79. The minimum atomic E-state index is -0.743. The number of carbonyl (C=O) groups is 1. The van der Waals surface area contributed by atoms with E-state index in [9.17, 15) is 4.79 Å². The predicted molar refractivity (Wildman–Crippen MR) is 132 cm³/mol. The van der Waals surface area contributed by atoms with Crippen LogP contribution in [-0.2, 0) is 22.5 Å². The van der Waals surface area contributed by atoms with Crippen LogP contribution < -0.4 is 5.32 Å². The van der Waals surface area contributed by atoms with Gasteiger partial charge in [-0.2, -0.15) is 5.10 Å². The second-order valence-corrected chi connectivity index (χ2v) is 10.3. The number of hydrogen-bond acceptors (Lipinski definition) is 6. The number of benzene rings is 1. The molecule has 0 bridgehead atoms. The van der Waals surface area contributed by atoms with Crippen LogP contribution in [0.3, 0.4) is 0 Å². The van der Waals surface area contributed by atoms with Crippen molar-refractivity contribution >= 4 is 16.9 Å². The minimum Gasteiger partial charge on any atom is -0.480 e. The van der Waals surface area contributed by atoms with E-state index in [1.807, 2.05) is 4.90 Å². The second-order valence-electron chi connectivity index (χ2n) is 10.3. The highest BCUT2D eigenvalue weighted by Gasteiger charge is 2.26. The topological polar surface area (TPSA) is 82.9 Å². The summed E-state index contributed by atoms with van der Waals surface area (Å²) in [6.45, 7) is 8.44. The first kappa shape index (κ1) is 23.7. The number of likely N-dealkylation sites (tertiary alicyclic amines) is 1. The number of carboxylic acid groups (broad SMARTS) is 1. The van der Waals surface area contributed by atoms with Crippen LogP contribution in [0.2, 0.25) is 0 Å². The Balaban J connectivity index is 1.35. The Morgan fingerprint density at radius 1 is 1.06 bits per heavy atom. The highest BCUT2D eigenvalue weighted by atomic mass is 16.5. The molecule has 1 aromatic carbocycles. The number of aliphatic carboxylic acids is 1. The normalized spacial score (nSPS) is 21.9. The molecule has 0 spiro atoms. The summed E-state index contributed by atoms with van der Waals surface area (Å²) in [7, 11) is 0. The molecule has 1 aromatic heterocycles. The molecule has 3 saturated heterocycles. The van der Waals surface area contributed by atoms with E-state index in [1.54, 1.807) is 0 Å². The van der Waals surface area contributed by atoms with Gasteiger partial charge in [-0.1, -0.05) is 6.07 Å². The van der Waals surface area contributed by atoms with Crippen LogP contribution in [0.25, 0.3) is 10.9 Å². The van der Waals surface area contributed by atoms with Crippen LogP contribution in [-0.4, -0.2) is 89.7 Å². The van der Waals surface area contributed by atoms with Gasteiger partial charge in [-0.05, 0) is 75.2 Å². The highest BCUT2D eigenvalue weighted by molar-refractivity contribution is 5.83. The zero-order valence-electron chi connectivity index (χ0n) is 20.3. The zero-order chi connectivity index (χ0) is 23.3. The molecule has 5 rings (SSSR count). The van der Waals surface area contributed by atoms with Gasteiger partial charge in [-0.25, -0.2) is 0 Å². The lowest BCUT2D eigenvalue weighted by Crippen LogP contribution is -2.38. The standard InChI is InChI=1S/C26H39N5O3/c32-26(33)19-29-11-7-22(8-12-29)31-25-4-3-21(2-1-20-5-9-27-10-6-20)17-23(25)24(28-31)18-30-13-15-34-16-14-30/h3-4,17,20,22,27H,1-2,5-16,18-19H2,(H,32,33). The van der Waals surface area contributed by atoms with Gasteiger partial charge >= 0.3 is 5.97 Å². The maximum atomic E-state index is 11.1. The Labute approximate surface area is 202 Å². The van der Waals surface area contributed by atoms with Gasteiger partial charge < -0.3 is 15.2 Å². The predicted octanol–water partition coefficient (Wildman–Crippen LogP) is 2.52. The highest BCUT2D eigenvalue weighted by Crippen LogP contribution is 2.30. The number of rotatable bonds is 8. The summed E-state index contributed by atoms with van der Waals surface area (Å²) in [6.07, 6.45) is 6.88. The number of aromatic nitrogens is 2. The molecule has 2 N–H and O–H groups in total. The number of ether oxygens (including phenoxy) is 1. The van der Waals surface area contributed by atoms with Crippen LogP contribution in [0.1, 0.15) is 49.4 Å². The van der Waals surface area contributed by atoms with Gasteiger partial charge in [0.1, 0.15) is 0 Å². The first-order valence-electron chi connectivity index (χ1n) is 13.1. The summed E-state index contributed by atoms with van der Waals surface area (Å²) < 4.78 is 7.80. The van der Waals surface area contributed by atoms with Crippen molar-refractivity contribution in [2.24, 2.45) is 5.92 Å². The largest absolute Gasteiger partial charge is 0.480 e. The number of nitrogens with zero attached hydrogens (tertiary/aromatic N) is 4. The molecule has 34 heavy (non-hydrogen) atoms. The minimum absolute atomic E-state index is 0.134. The van der Waals surface area contributed by atoms with Gasteiger partial charge in [-0.15, -0.1) is 0 Å². The lowest BCUT2D eigenvalue weighted by molar-refractivity contribution is -0.138. The Hall–Kier alpha value is -2.00. The van der Waals surface area contributed by atoms with Crippen molar-refractivity contribution in [2.45, 2.75) is 51.1 Å². The number of hydrogen-bond donors (Lipinski definition) is 2. The Morgan fingerprint density at radius 3 is 2.56 bits per heavy atom. The van der Waals surface area contributed by atoms with Crippen molar-refractivity contribution in [1.29, 1.82) is 0 Å². The van der Waals surface area contributed by atoms with Crippen LogP contribution in [0.4, 0.5) is 0 Å². The molecular formula is C26H39N5O3. The fraction of sp³-hybridized carbons (Fsp3) is 0.692. The van der Waals surface area contributed by atoms with Gasteiger partial charge in [0.15, 0.2) is 0 Å². The fourth-order valence-corrected chi connectivity index (χ4v) is 5.83.